The van der Waals surface area contributed by atoms with E-state index in [-0.39, 0.29) is 6.17 Å². The minimum Gasteiger partial charge on any atom is -0.312 e. The number of nitrogens with zero attached hydrogens (tertiary/aromatic N) is 2. The van der Waals surface area contributed by atoms with Crippen molar-refractivity contribution in [1.29, 1.82) is 0 Å². The van der Waals surface area contributed by atoms with Gasteiger partial charge in [-0.25, -0.2) is 0 Å². The van der Waals surface area contributed by atoms with Crippen LogP contribution in [0.2, 0.25) is 0 Å². The van der Waals surface area contributed by atoms with Crippen LogP contribution in [0, 0.1) is 6.20 Å². The fourth-order valence-corrected chi connectivity index (χ4v) is 2.69. The Morgan fingerprint density at radius 3 is 2.63 bits per heavy atom. The summed E-state index contributed by atoms with van der Waals surface area (Å²) in [4.78, 5) is 6.42. The second-order valence-electron chi connectivity index (χ2n) is 4.94. The fraction of sp³-hybridized carbons (Fsp3) is 0.312. The Kier molecular flexibility index (Phi) is 3.58. The molecule has 97 valence electrons. The summed E-state index contributed by atoms with van der Waals surface area (Å²) in [6, 6.07) is 12.3. The van der Waals surface area contributed by atoms with Crippen molar-refractivity contribution in [3.05, 3.63) is 54.4 Å². The van der Waals surface area contributed by atoms with Crippen molar-refractivity contribution in [2.45, 2.75) is 19.0 Å². The topological polar surface area (TPSA) is 42.1 Å². The second kappa shape index (κ2) is 5.51. The summed E-state index contributed by atoms with van der Waals surface area (Å²) in [5, 5.41) is 0. The van der Waals surface area contributed by atoms with Crippen molar-refractivity contribution in [3.63, 3.8) is 0 Å². The highest BCUT2D eigenvalue weighted by molar-refractivity contribution is 5.66. The van der Waals surface area contributed by atoms with Crippen molar-refractivity contribution in [3.8, 4) is 11.1 Å². The number of rotatable bonds is 3. The molecule has 2 heterocycles. The molecule has 1 saturated heterocycles. The minimum atomic E-state index is -0.0349. The van der Waals surface area contributed by atoms with Gasteiger partial charge in [0.15, 0.2) is 0 Å². The molecule has 1 atom stereocenters. The summed E-state index contributed by atoms with van der Waals surface area (Å²) in [6.07, 6.45) is 7.24. The largest absolute Gasteiger partial charge is 0.312 e. The summed E-state index contributed by atoms with van der Waals surface area (Å²) >= 11 is 0. The molecule has 0 spiro atoms. The summed E-state index contributed by atoms with van der Waals surface area (Å²) in [7, 11) is 0. The lowest BCUT2D eigenvalue weighted by molar-refractivity contribution is 0.252. The summed E-state index contributed by atoms with van der Waals surface area (Å²) < 4.78 is 0. The van der Waals surface area contributed by atoms with E-state index in [2.05, 4.69) is 28.2 Å². The van der Waals surface area contributed by atoms with Crippen molar-refractivity contribution < 1.29 is 0 Å². The lowest BCUT2D eigenvalue weighted by atomic mass is 9.99. The molecule has 1 radical (unpaired) electrons. The SMILES string of the molecule is NC(c1ccccc1-c1[c]nccc1)N1CCCC1. The Labute approximate surface area is 114 Å². The third-order valence-electron chi connectivity index (χ3n) is 3.71. The zero-order chi connectivity index (χ0) is 13.1. The van der Waals surface area contributed by atoms with Gasteiger partial charge in [0.25, 0.3) is 0 Å². The highest BCUT2D eigenvalue weighted by Gasteiger charge is 2.22. The van der Waals surface area contributed by atoms with Gasteiger partial charge < -0.3 is 5.73 Å². The fourth-order valence-electron chi connectivity index (χ4n) is 2.69. The molecule has 1 aromatic carbocycles. The maximum Gasteiger partial charge on any atom is 0.0970 e. The Bertz CT molecular complexity index is 533. The first-order valence-corrected chi connectivity index (χ1v) is 6.78. The van der Waals surface area contributed by atoms with E-state index in [4.69, 9.17) is 5.73 Å². The highest BCUT2D eigenvalue weighted by Crippen LogP contribution is 2.29. The molecule has 0 saturated carbocycles. The maximum atomic E-state index is 6.43. The first kappa shape index (κ1) is 12.3. The van der Waals surface area contributed by atoms with Crippen molar-refractivity contribution >= 4 is 0 Å². The van der Waals surface area contributed by atoms with Crippen LogP contribution in [0.5, 0.6) is 0 Å². The van der Waals surface area contributed by atoms with Gasteiger partial charge in [-0.05, 0) is 43.1 Å². The number of hydrogen-bond donors (Lipinski definition) is 1. The van der Waals surface area contributed by atoms with Gasteiger partial charge >= 0.3 is 0 Å². The molecular formula is C16H18N3. The first-order chi connectivity index (χ1) is 9.36. The predicted octanol–water partition coefficient (Wildman–Crippen LogP) is 2.60. The molecule has 2 aromatic rings. The number of pyridine rings is 1. The van der Waals surface area contributed by atoms with E-state index in [1.807, 2.05) is 24.3 Å². The molecule has 1 aromatic heterocycles. The summed E-state index contributed by atoms with van der Waals surface area (Å²) in [6.45, 7) is 2.18. The number of likely N-dealkylation sites (tertiary alicyclic amines) is 1. The van der Waals surface area contributed by atoms with E-state index >= 15 is 0 Å². The number of benzene rings is 1. The van der Waals surface area contributed by atoms with Gasteiger partial charge in [0.2, 0.25) is 0 Å². The van der Waals surface area contributed by atoms with Crippen LogP contribution < -0.4 is 5.73 Å². The Balaban J connectivity index is 1.97. The summed E-state index contributed by atoms with van der Waals surface area (Å²) in [5.74, 6) is 0. The van der Waals surface area contributed by atoms with Gasteiger partial charge in [-0.2, -0.15) is 0 Å². The van der Waals surface area contributed by atoms with Crippen molar-refractivity contribution in [2.24, 2.45) is 5.73 Å². The quantitative estimate of drug-likeness (QED) is 0.913. The molecule has 3 nitrogen and oxygen atoms in total. The number of aromatic nitrogens is 1. The standard InChI is InChI=1S/C16H18N3/c17-16(19-10-3-4-11-19)15-8-2-1-7-14(15)13-6-5-9-18-12-13/h1-2,5-9,16H,3-4,10-11,17H2. The molecule has 2 N–H and O–H groups in total. The van der Waals surface area contributed by atoms with Crippen LogP contribution in [0.4, 0.5) is 0 Å². The van der Waals surface area contributed by atoms with E-state index in [1.54, 1.807) is 6.20 Å². The molecule has 1 unspecified atom stereocenters. The molecule has 3 heteroatoms. The van der Waals surface area contributed by atoms with E-state index < -0.39 is 0 Å². The van der Waals surface area contributed by atoms with Gasteiger partial charge in [-0.3, -0.25) is 9.88 Å². The van der Waals surface area contributed by atoms with Gasteiger partial charge in [-0.1, -0.05) is 30.3 Å². The summed E-state index contributed by atoms with van der Waals surface area (Å²) in [5.41, 5.74) is 9.73. The molecular weight excluding hydrogens is 234 g/mol. The average Bonchev–Trinajstić information content (AvgIpc) is 3.02. The zero-order valence-corrected chi connectivity index (χ0v) is 10.9. The number of nitrogens with two attached hydrogens (primary N) is 1. The Morgan fingerprint density at radius 2 is 1.89 bits per heavy atom. The zero-order valence-electron chi connectivity index (χ0n) is 10.9. The van der Waals surface area contributed by atoms with E-state index in [0.717, 1.165) is 29.8 Å². The second-order valence-corrected chi connectivity index (χ2v) is 4.94. The van der Waals surface area contributed by atoms with Gasteiger partial charge in [0.05, 0.1) is 12.4 Å². The van der Waals surface area contributed by atoms with Crippen LogP contribution in [-0.4, -0.2) is 23.0 Å². The van der Waals surface area contributed by atoms with Crippen LogP contribution in [-0.2, 0) is 0 Å². The lowest BCUT2D eigenvalue weighted by Gasteiger charge is -2.25. The van der Waals surface area contributed by atoms with Gasteiger partial charge in [-0.15, -0.1) is 0 Å². The number of hydrogen-bond acceptors (Lipinski definition) is 3. The molecule has 1 aliphatic heterocycles. The van der Waals surface area contributed by atoms with Crippen molar-refractivity contribution in [2.75, 3.05) is 13.1 Å². The molecule has 0 amide bonds. The molecule has 3 rings (SSSR count). The maximum absolute atomic E-state index is 6.43. The third kappa shape index (κ3) is 2.53. The van der Waals surface area contributed by atoms with E-state index in [9.17, 15) is 0 Å². The molecule has 19 heavy (non-hydrogen) atoms. The van der Waals surface area contributed by atoms with E-state index in [0.29, 0.717) is 0 Å². The molecule has 1 aliphatic rings. The van der Waals surface area contributed by atoms with Gasteiger partial charge in [0.1, 0.15) is 0 Å². The van der Waals surface area contributed by atoms with E-state index in [1.165, 1.54) is 12.8 Å². The Hall–Kier alpha value is -1.71. The average molecular weight is 252 g/mol. The minimum absolute atomic E-state index is 0.0349. The van der Waals surface area contributed by atoms with Crippen LogP contribution in [0.1, 0.15) is 24.6 Å². The normalized spacial score (nSPS) is 17.5. The monoisotopic (exact) mass is 252 g/mol. The van der Waals surface area contributed by atoms with Crippen LogP contribution in [0.3, 0.4) is 0 Å². The lowest BCUT2D eigenvalue weighted by Crippen LogP contribution is -2.32. The first-order valence-electron chi connectivity index (χ1n) is 6.78. The highest BCUT2D eigenvalue weighted by atomic mass is 15.2. The third-order valence-corrected chi connectivity index (χ3v) is 3.71. The predicted molar refractivity (Wildman–Crippen MR) is 76.2 cm³/mol. The van der Waals surface area contributed by atoms with Gasteiger partial charge in [0, 0.05) is 11.8 Å². The van der Waals surface area contributed by atoms with Crippen LogP contribution >= 0.6 is 0 Å². The molecule has 0 bridgehead atoms. The smallest absolute Gasteiger partial charge is 0.0970 e. The van der Waals surface area contributed by atoms with Crippen LogP contribution in [0.15, 0.2) is 42.6 Å². The van der Waals surface area contributed by atoms with Crippen LogP contribution in [0.25, 0.3) is 11.1 Å². The Morgan fingerprint density at radius 1 is 1.11 bits per heavy atom. The molecule has 0 aliphatic carbocycles. The molecule has 1 fully saturated rings. The van der Waals surface area contributed by atoms with Crippen molar-refractivity contribution in [1.82, 2.24) is 9.88 Å².